The van der Waals surface area contributed by atoms with Crippen LogP contribution in [0.5, 0.6) is 0 Å². The van der Waals surface area contributed by atoms with Gasteiger partial charge in [0, 0.05) is 11.9 Å². The largest absolute Gasteiger partial charge is 0.265 e. The van der Waals surface area contributed by atoms with Gasteiger partial charge in [-0.2, -0.15) is 5.10 Å². The van der Waals surface area contributed by atoms with Crippen LogP contribution < -0.4 is 0 Å². The van der Waals surface area contributed by atoms with E-state index >= 15 is 0 Å². The van der Waals surface area contributed by atoms with Crippen LogP contribution in [0.2, 0.25) is 0 Å². The van der Waals surface area contributed by atoms with Gasteiger partial charge in [0.05, 0.1) is 11.7 Å². The zero-order chi connectivity index (χ0) is 12.2. The van der Waals surface area contributed by atoms with Crippen molar-refractivity contribution in [3.05, 3.63) is 66.4 Å². The van der Waals surface area contributed by atoms with Crippen LogP contribution >= 0.6 is 0 Å². The molecule has 0 unspecified atom stereocenters. The maximum absolute atomic E-state index is 4.44. The Bertz CT molecular complexity index is 626. The second-order valence-corrected chi connectivity index (χ2v) is 4.52. The van der Waals surface area contributed by atoms with E-state index in [0.717, 1.165) is 19.4 Å². The summed E-state index contributed by atoms with van der Waals surface area (Å²) in [5.74, 6) is 0. The summed E-state index contributed by atoms with van der Waals surface area (Å²) in [5, 5.41) is 5.66. The Hall–Kier alpha value is -2.09. The summed E-state index contributed by atoms with van der Waals surface area (Å²) in [7, 11) is 0. The number of benzene rings is 2. The highest BCUT2D eigenvalue weighted by molar-refractivity contribution is 5.78. The number of hydrogen-bond acceptors (Lipinski definition) is 1. The summed E-state index contributed by atoms with van der Waals surface area (Å²) >= 11 is 0. The van der Waals surface area contributed by atoms with Crippen molar-refractivity contribution >= 4 is 10.9 Å². The molecule has 0 saturated heterocycles. The molecular formula is C16H16N2. The molecule has 0 spiro atoms. The van der Waals surface area contributed by atoms with Crippen LogP contribution in [0.1, 0.15) is 12.0 Å². The van der Waals surface area contributed by atoms with Gasteiger partial charge in [-0.15, -0.1) is 0 Å². The van der Waals surface area contributed by atoms with E-state index in [1.807, 2.05) is 6.20 Å². The third kappa shape index (κ3) is 2.28. The van der Waals surface area contributed by atoms with Crippen molar-refractivity contribution in [1.29, 1.82) is 0 Å². The number of para-hydroxylation sites is 1. The molecule has 0 radical (unpaired) electrons. The van der Waals surface area contributed by atoms with E-state index in [2.05, 4.69) is 64.4 Å². The highest BCUT2D eigenvalue weighted by Crippen LogP contribution is 2.13. The number of rotatable bonds is 4. The van der Waals surface area contributed by atoms with Crippen molar-refractivity contribution in [1.82, 2.24) is 9.78 Å². The smallest absolute Gasteiger partial charge is 0.0682 e. The number of aromatic nitrogens is 2. The molecule has 0 amide bonds. The highest BCUT2D eigenvalue weighted by Gasteiger charge is 2.01. The fourth-order valence-corrected chi connectivity index (χ4v) is 2.28. The van der Waals surface area contributed by atoms with Gasteiger partial charge in [-0.3, -0.25) is 4.68 Å². The summed E-state index contributed by atoms with van der Waals surface area (Å²) in [6, 6.07) is 19.0. The van der Waals surface area contributed by atoms with Crippen molar-refractivity contribution in [2.45, 2.75) is 19.4 Å². The number of nitrogens with zero attached hydrogens (tertiary/aromatic N) is 2. The van der Waals surface area contributed by atoms with E-state index < -0.39 is 0 Å². The SMILES string of the molecule is c1ccc(CCCn2ncc3ccccc32)cc1. The minimum Gasteiger partial charge on any atom is -0.265 e. The van der Waals surface area contributed by atoms with Gasteiger partial charge >= 0.3 is 0 Å². The van der Waals surface area contributed by atoms with Crippen LogP contribution in [0.15, 0.2) is 60.8 Å². The van der Waals surface area contributed by atoms with Crippen LogP contribution in [0.25, 0.3) is 10.9 Å². The monoisotopic (exact) mass is 236 g/mol. The van der Waals surface area contributed by atoms with Crippen molar-refractivity contribution in [2.24, 2.45) is 0 Å². The maximum Gasteiger partial charge on any atom is 0.0682 e. The van der Waals surface area contributed by atoms with Crippen LogP contribution in [0.3, 0.4) is 0 Å². The fraction of sp³-hybridized carbons (Fsp3) is 0.188. The van der Waals surface area contributed by atoms with E-state index in [1.165, 1.54) is 16.5 Å². The number of fused-ring (bicyclic) bond motifs is 1. The summed E-state index contributed by atoms with van der Waals surface area (Å²) in [6.45, 7) is 0.975. The second-order valence-electron chi connectivity index (χ2n) is 4.52. The minimum absolute atomic E-state index is 0.975. The Balaban J connectivity index is 1.67. The van der Waals surface area contributed by atoms with Gasteiger partial charge in [-0.25, -0.2) is 0 Å². The fourth-order valence-electron chi connectivity index (χ4n) is 2.28. The number of aryl methyl sites for hydroxylation is 2. The molecule has 0 aliphatic heterocycles. The molecule has 0 fully saturated rings. The van der Waals surface area contributed by atoms with Crippen molar-refractivity contribution in [3.8, 4) is 0 Å². The predicted octanol–water partition coefficient (Wildman–Crippen LogP) is 3.67. The van der Waals surface area contributed by atoms with Gasteiger partial charge in [0.25, 0.3) is 0 Å². The summed E-state index contributed by atoms with van der Waals surface area (Å²) < 4.78 is 2.10. The zero-order valence-corrected chi connectivity index (χ0v) is 10.3. The lowest BCUT2D eigenvalue weighted by Crippen LogP contribution is -2.01. The molecule has 0 bridgehead atoms. The van der Waals surface area contributed by atoms with Crippen LogP contribution in [0.4, 0.5) is 0 Å². The average molecular weight is 236 g/mol. The topological polar surface area (TPSA) is 17.8 Å². The highest BCUT2D eigenvalue weighted by atomic mass is 15.3. The molecule has 2 aromatic carbocycles. The van der Waals surface area contributed by atoms with Crippen LogP contribution in [-0.2, 0) is 13.0 Å². The molecule has 0 aliphatic rings. The Kier molecular flexibility index (Phi) is 3.09. The van der Waals surface area contributed by atoms with E-state index in [1.54, 1.807) is 0 Å². The molecule has 0 aliphatic carbocycles. The third-order valence-corrected chi connectivity index (χ3v) is 3.23. The lowest BCUT2D eigenvalue weighted by molar-refractivity contribution is 0.596. The van der Waals surface area contributed by atoms with Gasteiger partial charge in [0.15, 0.2) is 0 Å². The summed E-state index contributed by atoms with van der Waals surface area (Å²) in [6.07, 6.45) is 4.17. The quantitative estimate of drug-likeness (QED) is 0.676. The molecule has 0 saturated carbocycles. The second kappa shape index (κ2) is 5.05. The Labute approximate surface area is 107 Å². The van der Waals surface area contributed by atoms with Gasteiger partial charge in [0.1, 0.15) is 0 Å². The van der Waals surface area contributed by atoms with E-state index in [0.29, 0.717) is 0 Å². The number of hydrogen-bond donors (Lipinski definition) is 0. The third-order valence-electron chi connectivity index (χ3n) is 3.23. The van der Waals surface area contributed by atoms with Crippen molar-refractivity contribution < 1.29 is 0 Å². The molecule has 1 heterocycles. The van der Waals surface area contributed by atoms with Gasteiger partial charge in [-0.1, -0.05) is 48.5 Å². The zero-order valence-electron chi connectivity index (χ0n) is 10.3. The molecule has 2 nitrogen and oxygen atoms in total. The van der Waals surface area contributed by atoms with Crippen LogP contribution in [0, 0.1) is 0 Å². The molecular weight excluding hydrogens is 220 g/mol. The summed E-state index contributed by atoms with van der Waals surface area (Å²) in [4.78, 5) is 0. The first-order chi connectivity index (χ1) is 8.93. The van der Waals surface area contributed by atoms with Crippen molar-refractivity contribution in [2.75, 3.05) is 0 Å². The molecule has 18 heavy (non-hydrogen) atoms. The molecule has 0 atom stereocenters. The van der Waals surface area contributed by atoms with Gasteiger partial charge in [0.2, 0.25) is 0 Å². The Morgan fingerprint density at radius 2 is 1.67 bits per heavy atom. The first-order valence-corrected chi connectivity index (χ1v) is 6.38. The Morgan fingerprint density at radius 1 is 0.889 bits per heavy atom. The lowest BCUT2D eigenvalue weighted by atomic mass is 10.1. The molecule has 3 aromatic rings. The molecule has 2 heteroatoms. The Morgan fingerprint density at radius 3 is 2.56 bits per heavy atom. The molecule has 90 valence electrons. The van der Waals surface area contributed by atoms with Crippen molar-refractivity contribution in [3.63, 3.8) is 0 Å². The van der Waals surface area contributed by atoms with Gasteiger partial charge in [-0.05, 0) is 24.5 Å². The van der Waals surface area contributed by atoms with E-state index in [4.69, 9.17) is 0 Å². The van der Waals surface area contributed by atoms with E-state index in [9.17, 15) is 0 Å². The van der Waals surface area contributed by atoms with E-state index in [-0.39, 0.29) is 0 Å². The molecule has 0 N–H and O–H groups in total. The first kappa shape index (κ1) is 11.0. The first-order valence-electron chi connectivity index (χ1n) is 6.38. The summed E-state index contributed by atoms with van der Waals surface area (Å²) in [5.41, 5.74) is 2.62. The minimum atomic E-state index is 0.975. The normalized spacial score (nSPS) is 10.9. The molecule has 1 aromatic heterocycles. The predicted molar refractivity (Wildman–Crippen MR) is 74.5 cm³/mol. The molecule has 3 rings (SSSR count). The lowest BCUT2D eigenvalue weighted by Gasteiger charge is -2.04. The standard InChI is InChI=1S/C16H16N2/c1-2-7-14(8-3-1)9-6-12-18-16-11-5-4-10-15(16)13-17-18/h1-5,7-8,10-11,13H,6,9,12H2. The van der Waals surface area contributed by atoms with Gasteiger partial charge < -0.3 is 0 Å². The average Bonchev–Trinajstić information content (AvgIpc) is 2.84. The maximum atomic E-state index is 4.44. The van der Waals surface area contributed by atoms with Crippen LogP contribution in [-0.4, -0.2) is 9.78 Å².